The van der Waals surface area contributed by atoms with E-state index in [1.807, 2.05) is 24.3 Å². The summed E-state index contributed by atoms with van der Waals surface area (Å²) < 4.78 is 5.56. The van der Waals surface area contributed by atoms with Gasteiger partial charge < -0.3 is 9.64 Å². The number of hydrogen-bond donors (Lipinski definition) is 0. The largest absolute Gasteiger partial charge is 0.491 e. The zero-order valence-electron chi connectivity index (χ0n) is 9.30. The van der Waals surface area contributed by atoms with Crippen LogP contribution in [0.4, 0.5) is 0 Å². The second kappa shape index (κ2) is 3.77. The van der Waals surface area contributed by atoms with Gasteiger partial charge in [0.25, 0.3) is 0 Å². The molecular weight excluding hydrogens is 216 g/mol. The average Bonchev–Trinajstić information content (AvgIpc) is 2.92. The summed E-state index contributed by atoms with van der Waals surface area (Å²) in [5.41, 5.74) is 1.06. The fourth-order valence-corrected chi connectivity index (χ4v) is 2.52. The molecule has 0 aromatic heterocycles. The molecule has 2 unspecified atom stereocenters. The zero-order valence-corrected chi connectivity index (χ0v) is 9.30. The summed E-state index contributed by atoms with van der Waals surface area (Å²) in [4.78, 5) is 13.6. The Labute approximate surface area is 99.4 Å². The average molecular weight is 228 g/mol. The lowest BCUT2D eigenvalue weighted by Gasteiger charge is -2.22. The second-order valence-electron chi connectivity index (χ2n) is 4.44. The summed E-state index contributed by atoms with van der Waals surface area (Å²) in [6.07, 6.45) is 0.342. The quantitative estimate of drug-likeness (QED) is 0.731. The van der Waals surface area contributed by atoms with Crippen LogP contribution < -0.4 is 4.74 Å². The van der Waals surface area contributed by atoms with Crippen LogP contribution in [0, 0.1) is 17.2 Å². The molecule has 0 N–H and O–H groups in total. The second-order valence-corrected chi connectivity index (χ2v) is 4.44. The van der Waals surface area contributed by atoms with Crippen LogP contribution in [-0.4, -0.2) is 24.0 Å². The Morgan fingerprint density at radius 1 is 1.41 bits per heavy atom. The number of likely N-dealkylation sites (tertiary alicyclic amines) is 1. The monoisotopic (exact) mass is 228 g/mol. The maximum absolute atomic E-state index is 11.9. The van der Waals surface area contributed by atoms with Gasteiger partial charge in [-0.1, -0.05) is 18.2 Å². The molecule has 0 aliphatic carbocycles. The third kappa shape index (κ3) is 1.55. The Hall–Kier alpha value is -2.02. The Morgan fingerprint density at radius 2 is 2.24 bits per heavy atom. The number of nitriles is 1. The molecule has 2 aliphatic rings. The molecule has 0 bridgehead atoms. The third-order valence-corrected chi connectivity index (χ3v) is 3.39. The van der Waals surface area contributed by atoms with Crippen molar-refractivity contribution in [2.75, 3.05) is 13.2 Å². The normalized spacial score (nSPS) is 26.5. The highest BCUT2D eigenvalue weighted by molar-refractivity contribution is 5.80. The van der Waals surface area contributed by atoms with E-state index in [0.29, 0.717) is 19.6 Å². The van der Waals surface area contributed by atoms with Crippen LogP contribution in [0.5, 0.6) is 5.75 Å². The topological polar surface area (TPSA) is 53.3 Å². The predicted molar refractivity (Wildman–Crippen MR) is 60.1 cm³/mol. The number of ether oxygens (including phenoxy) is 1. The van der Waals surface area contributed by atoms with Crippen molar-refractivity contribution in [2.45, 2.75) is 12.5 Å². The van der Waals surface area contributed by atoms with Gasteiger partial charge >= 0.3 is 0 Å². The molecule has 2 atom stereocenters. The van der Waals surface area contributed by atoms with Crippen molar-refractivity contribution in [3.05, 3.63) is 29.8 Å². The predicted octanol–water partition coefficient (Wildman–Crippen LogP) is 1.49. The van der Waals surface area contributed by atoms with Gasteiger partial charge in [0.1, 0.15) is 12.4 Å². The minimum absolute atomic E-state index is 0.0166. The van der Waals surface area contributed by atoms with Gasteiger partial charge in [-0.15, -0.1) is 0 Å². The summed E-state index contributed by atoms with van der Waals surface area (Å²) in [5, 5.41) is 8.88. The van der Waals surface area contributed by atoms with Gasteiger partial charge in [-0.25, -0.2) is 0 Å². The van der Waals surface area contributed by atoms with Gasteiger partial charge in [-0.2, -0.15) is 5.26 Å². The van der Waals surface area contributed by atoms with E-state index >= 15 is 0 Å². The van der Waals surface area contributed by atoms with E-state index in [-0.39, 0.29) is 17.9 Å². The van der Waals surface area contributed by atoms with Crippen LogP contribution in [0.1, 0.15) is 18.0 Å². The van der Waals surface area contributed by atoms with E-state index in [0.717, 1.165) is 11.3 Å². The molecule has 17 heavy (non-hydrogen) atoms. The highest BCUT2D eigenvalue weighted by Gasteiger charge is 2.38. The fourth-order valence-electron chi connectivity index (χ4n) is 2.52. The van der Waals surface area contributed by atoms with Crippen LogP contribution in [-0.2, 0) is 4.79 Å². The molecule has 1 saturated heterocycles. The molecule has 4 nitrogen and oxygen atoms in total. The van der Waals surface area contributed by atoms with E-state index in [1.54, 1.807) is 4.90 Å². The Balaban J connectivity index is 1.88. The first-order valence-electron chi connectivity index (χ1n) is 5.70. The van der Waals surface area contributed by atoms with Gasteiger partial charge in [0, 0.05) is 18.5 Å². The Kier molecular flexibility index (Phi) is 2.25. The van der Waals surface area contributed by atoms with Crippen molar-refractivity contribution in [1.29, 1.82) is 5.26 Å². The number of amides is 1. The van der Waals surface area contributed by atoms with E-state index in [2.05, 4.69) is 6.07 Å². The number of para-hydroxylation sites is 1. The highest BCUT2D eigenvalue weighted by Crippen LogP contribution is 2.38. The van der Waals surface area contributed by atoms with Crippen LogP contribution in [0.25, 0.3) is 0 Å². The maximum Gasteiger partial charge on any atom is 0.224 e. The number of fused-ring (bicyclic) bond motifs is 1. The lowest BCUT2D eigenvalue weighted by Crippen LogP contribution is -2.31. The molecule has 1 amide bonds. The third-order valence-electron chi connectivity index (χ3n) is 3.39. The first-order chi connectivity index (χ1) is 8.29. The summed E-state index contributed by atoms with van der Waals surface area (Å²) in [6, 6.07) is 9.92. The number of hydrogen-bond acceptors (Lipinski definition) is 3. The number of rotatable bonds is 1. The summed E-state index contributed by atoms with van der Waals surface area (Å²) >= 11 is 0. The van der Waals surface area contributed by atoms with Crippen molar-refractivity contribution < 1.29 is 9.53 Å². The lowest BCUT2D eigenvalue weighted by molar-refractivity contribution is -0.130. The zero-order chi connectivity index (χ0) is 11.8. The number of benzene rings is 1. The minimum Gasteiger partial charge on any atom is -0.491 e. The summed E-state index contributed by atoms with van der Waals surface area (Å²) in [5.74, 6) is 0.739. The molecule has 0 spiro atoms. The SMILES string of the molecule is N#CC1CC(=O)N(C2COc3ccccc32)C1. The molecule has 86 valence electrons. The number of carbonyl (C=O) groups excluding carboxylic acids is 1. The van der Waals surface area contributed by atoms with Crippen molar-refractivity contribution in [2.24, 2.45) is 5.92 Å². The molecule has 2 heterocycles. The molecule has 0 saturated carbocycles. The van der Waals surface area contributed by atoms with Gasteiger partial charge in [0.15, 0.2) is 0 Å². The Morgan fingerprint density at radius 3 is 3.00 bits per heavy atom. The standard InChI is InChI=1S/C13H12N2O2/c14-6-9-5-13(16)15(7-9)11-8-17-12-4-2-1-3-10(11)12/h1-4,9,11H,5,7-8H2. The summed E-state index contributed by atoms with van der Waals surface area (Å²) in [7, 11) is 0. The first kappa shape index (κ1) is 10.2. The molecule has 1 fully saturated rings. The van der Waals surface area contributed by atoms with E-state index in [1.165, 1.54) is 0 Å². The van der Waals surface area contributed by atoms with Gasteiger partial charge in [0.2, 0.25) is 5.91 Å². The van der Waals surface area contributed by atoms with Gasteiger partial charge in [-0.3, -0.25) is 4.79 Å². The smallest absolute Gasteiger partial charge is 0.224 e. The molecular formula is C13H12N2O2. The van der Waals surface area contributed by atoms with Crippen LogP contribution in [0.3, 0.4) is 0 Å². The van der Waals surface area contributed by atoms with E-state index < -0.39 is 0 Å². The minimum atomic E-state index is -0.171. The highest BCUT2D eigenvalue weighted by atomic mass is 16.5. The molecule has 4 heteroatoms. The van der Waals surface area contributed by atoms with Crippen LogP contribution in [0.15, 0.2) is 24.3 Å². The van der Waals surface area contributed by atoms with Crippen LogP contribution in [0.2, 0.25) is 0 Å². The number of nitrogens with zero attached hydrogens (tertiary/aromatic N) is 2. The fraction of sp³-hybridized carbons (Fsp3) is 0.385. The molecule has 0 radical (unpaired) electrons. The first-order valence-corrected chi connectivity index (χ1v) is 5.70. The summed E-state index contributed by atoms with van der Waals surface area (Å²) in [6.45, 7) is 1.03. The van der Waals surface area contributed by atoms with Crippen molar-refractivity contribution >= 4 is 5.91 Å². The number of carbonyl (C=O) groups is 1. The van der Waals surface area contributed by atoms with Crippen LogP contribution >= 0.6 is 0 Å². The molecule has 1 aromatic carbocycles. The maximum atomic E-state index is 11.9. The Bertz CT molecular complexity index is 506. The van der Waals surface area contributed by atoms with Crippen molar-refractivity contribution in [1.82, 2.24) is 4.90 Å². The van der Waals surface area contributed by atoms with Gasteiger partial charge in [-0.05, 0) is 6.07 Å². The molecule has 2 aliphatic heterocycles. The van der Waals surface area contributed by atoms with E-state index in [9.17, 15) is 4.79 Å². The van der Waals surface area contributed by atoms with Gasteiger partial charge in [0.05, 0.1) is 18.0 Å². The van der Waals surface area contributed by atoms with Crippen molar-refractivity contribution in [3.8, 4) is 11.8 Å². The molecule has 3 rings (SSSR count). The van der Waals surface area contributed by atoms with E-state index in [4.69, 9.17) is 10.00 Å². The van der Waals surface area contributed by atoms with Crippen molar-refractivity contribution in [3.63, 3.8) is 0 Å². The lowest BCUT2D eigenvalue weighted by atomic mass is 10.1. The molecule has 1 aromatic rings.